The van der Waals surface area contributed by atoms with Crippen LogP contribution < -0.4 is 5.56 Å². The van der Waals surface area contributed by atoms with E-state index in [0.29, 0.717) is 38.3 Å². The Hall–Kier alpha value is -2.50. The van der Waals surface area contributed by atoms with E-state index < -0.39 is 0 Å². The number of ketones is 1. The molecule has 3 heterocycles. The van der Waals surface area contributed by atoms with Gasteiger partial charge in [0.1, 0.15) is 11.1 Å². The van der Waals surface area contributed by atoms with Crippen molar-refractivity contribution in [3.63, 3.8) is 0 Å². The van der Waals surface area contributed by atoms with Crippen molar-refractivity contribution < 1.29 is 4.79 Å². The van der Waals surface area contributed by atoms with Crippen LogP contribution in [0.2, 0.25) is 0 Å². The molecule has 0 aliphatic carbocycles. The number of carbonyl (C=O) groups excluding carboxylic acids is 1. The van der Waals surface area contributed by atoms with Gasteiger partial charge in [-0.2, -0.15) is 5.26 Å². The van der Waals surface area contributed by atoms with E-state index in [1.165, 1.54) is 36.1 Å². The number of carbonyl (C=O) groups is 1. The molecule has 8 heteroatoms. The van der Waals surface area contributed by atoms with Crippen LogP contribution in [-0.2, 0) is 5.75 Å². The minimum Gasteiger partial charge on any atom is -0.294 e. The lowest BCUT2D eigenvalue weighted by molar-refractivity contribution is 0.101. The van der Waals surface area contributed by atoms with Crippen molar-refractivity contribution in [2.75, 3.05) is 0 Å². The molecule has 3 rings (SSSR count). The summed E-state index contributed by atoms with van der Waals surface area (Å²) in [4.78, 5) is 33.3. The first-order valence-corrected chi connectivity index (χ1v) is 9.29. The van der Waals surface area contributed by atoms with Gasteiger partial charge >= 0.3 is 0 Å². The Morgan fingerprint density at radius 2 is 2.12 bits per heavy atom. The van der Waals surface area contributed by atoms with Crippen LogP contribution in [-0.4, -0.2) is 20.2 Å². The third-order valence-electron chi connectivity index (χ3n) is 3.66. The van der Waals surface area contributed by atoms with Crippen LogP contribution in [0.15, 0.2) is 27.3 Å². The average molecular weight is 370 g/mol. The monoisotopic (exact) mass is 370 g/mol. The lowest BCUT2D eigenvalue weighted by Crippen LogP contribution is -2.14. The minimum atomic E-state index is -0.119. The molecular weight excluding hydrogens is 356 g/mol. The van der Waals surface area contributed by atoms with Gasteiger partial charge in [0.25, 0.3) is 5.56 Å². The second-order valence-corrected chi connectivity index (χ2v) is 7.31. The smallest absolute Gasteiger partial charge is 0.258 e. The zero-order valence-corrected chi connectivity index (χ0v) is 15.5. The molecule has 0 bridgehead atoms. The Morgan fingerprint density at radius 3 is 2.80 bits per heavy atom. The van der Waals surface area contributed by atoms with E-state index in [1.807, 2.05) is 12.3 Å². The zero-order valence-electron chi connectivity index (χ0n) is 13.9. The Morgan fingerprint density at radius 1 is 1.36 bits per heavy atom. The number of nitriles is 1. The fourth-order valence-corrected chi connectivity index (χ4v) is 4.23. The highest BCUT2D eigenvalue weighted by atomic mass is 32.2. The SMILES string of the molecule is CC(=O)c1cc(C#N)c(SCc2cc(=O)n3c(C)csc3n2)nc1C. The predicted octanol–water partition coefficient (Wildman–Crippen LogP) is 3.13. The number of hydrogen-bond donors (Lipinski definition) is 0. The average Bonchev–Trinajstić information content (AvgIpc) is 2.94. The standard InChI is InChI=1S/C17H14N4O2S2/c1-9-7-25-17-20-13(5-15(23)21(9)17)8-24-16-12(6-18)4-14(11(3)22)10(2)19-16/h4-5,7H,8H2,1-3H3. The van der Waals surface area contributed by atoms with E-state index >= 15 is 0 Å². The van der Waals surface area contributed by atoms with Crippen LogP contribution in [0, 0.1) is 25.2 Å². The van der Waals surface area contributed by atoms with Crippen molar-refractivity contribution in [2.45, 2.75) is 31.6 Å². The first-order chi connectivity index (χ1) is 11.9. The topological polar surface area (TPSA) is 88.1 Å². The number of thioether (sulfide) groups is 1. The molecule has 0 amide bonds. The second kappa shape index (κ2) is 6.78. The molecule has 0 unspecified atom stereocenters. The van der Waals surface area contributed by atoms with E-state index in [9.17, 15) is 14.9 Å². The van der Waals surface area contributed by atoms with Gasteiger partial charge in [-0.3, -0.25) is 14.0 Å². The van der Waals surface area contributed by atoms with Crippen LogP contribution in [0.25, 0.3) is 4.96 Å². The number of aryl methyl sites for hydroxylation is 2. The largest absolute Gasteiger partial charge is 0.294 e. The van der Waals surface area contributed by atoms with Crippen LogP contribution in [0.4, 0.5) is 0 Å². The van der Waals surface area contributed by atoms with E-state index in [2.05, 4.69) is 16.0 Å². The molecule has 0 atom stereocenters. The maximum atomic E-state index is 12.2. The first kappa shape index (κ1) is 17.3. The summed E-state index contributed by atoms with van der Waals surface area (Å²) in [7, 11) is 0. The maximum absolute atomic E-state index is 12.2. The summed E-state index contributed by atoms with van der Waals surface area (Å²) in [5, 5.41) is 11.7. The van der Waals surface area contributed by atoms with Crippen LogP contribution in [0.3, 0.4) is 0 Å². The maximum Gasteiger partial charge on any atom is 0.258 e. The Bertz CT molecular complexity index is 1090. The van der Waals surface area contributed by atoms with Crippen molar-refractivity contribution in [1.82, 2.24) is 14.4 Å². The highest BCUT2D eigenvalue weighted by Crippen LogP contribution is 2.26. The van der Waals surface area contributed by atoms with Gasteiger partial charge in [-0.25, -0.2) is 9.97 Å². The van der Waals surface area contributed by atoms with E-state index in [4.69, 9.17) is 0 Å². The molecule has 0 fully saturated rings. The number of aromatic nitrogens is 3. The molecule has 3 aromatic rings. The number of hydrogen-bond acceptors (Lipinski definition) is 7. The van der Waals surface area contributed by atoms with Gasteiger partial charge in [-0.1, -0.05) is 11.8 Å². The second-order valence-electron chi connectivity index (χ2n) is 5.51. The number of thiazole rings is 1. The molecular formula is C17H14N4O2S2. The molecule has 0 aliphatic rings. The lowest BCUT2D eigenvalue weighted by atomic mass is 10.1. The van der Waals surface area contributed by atoms with Gasteiger partial charge in [0.05, 0.1) is 11.3 Å². The molecule has 126 valence electrons. The van der Waals surface area contributed by atoms with Gasteiger partial charge in [0.15, 0.2) is 10.7 Å². The third kappa shape index (κ3) is 3.34. The van der Waals surface area contributed by atoms with Crippen LogP contribution >= 0.6 is 23.1 Å². The number of fused-ring (bicyclic) bond motifs is 1. The molecule has 0 aromatic carbocycles. The van der Waals surface area contributed by atoms with Gasteiger partial charge in [-0.05, 0) is 26.8 Å². The van der Waals surface area contributed by atoms with Gasteiger partial charge in [0.2, 0.25) is 0 Å². The summed E-state index contributed by atoms with van der Waals surface area (Å²) < 4.78 is 1.57. The molecule has 0 aliphatic heterocycles. The van der Waals surface area contributed by atoms with Crippen molar-refractivity contribution in [3.05, 3.63) is 56.1 Å². The zero-order chi connectivity index (χ0) is 18.1. The first-order valence-electron chi connectivity index (χ1n) is 7.43. The van der Waals surface area contributed by atoms with Crippen molar-refractivity contribution in [3.8, 4) is 6.07 Å². The van der Waals surface area contributed by atoms with Crippen molar-refractivity contribution in [2.24, 2.45) is 0 Å². The van der Waals surface area contributed by atoms with Crippen LogP contribution in [0.5, 0.6) is 0 Å². The molecule has 0 N–H and O–H groups in total. The predicted molar refractivity (Wildman–Crippen MR) is 97.3 cm³/mol. The number of nitrogens with zero attached hydrogens (tertiary/aromatic N) is 4. The summed E-state index contributed by atoms with van der Waals surface area (Å²) in [6, 6.07) is 5.15. The summed E-state index contributed by atoms with van der Waals surface area (Å²) in [6.45, 7) is 5.06. The number of pyridine rings is 1. The summed E-state index contributed by atoms with van der Waals surface area (Å²) in [6.07, 6.45) is 0. The summed E-state index contributed by atoms with van der Waals surface area (Å²) >= 11 is 2.75. The Balaban J connectivity index is 1.92. The highest BCUT2D eigenvalue weighted by Gasteiger charge is 2.14. The quantitative estimate of drug-likeness (QED) is 0.518. The van der Waals surface area contributed by atoms with Crippen LogP contribution in [0.1, 0.15) is 39.9 Å². The fraction of sp³-hybridized carbons (Fsp3) is 0.235. The fourth-order valence-electron chi connectivity index (χ4n) is 2.45. The molecule has 0 spiro atoms. The summed E-state index contributed by atoms with van der Waals surface area (Å²) in [5.41, 5.74) is 2.78. The minimum absolute atomic E-state index is 0.115. The van der Waals surface area contributed by atoms with Gasteiger partial charge in [0, 0.05) is 34.2 Å². The summed E-state index contributed by atoms with van der Waals surface area (Å²) in [5.74, 6) is 0.301. The molecule has 6 nitrogen and oxygen atoms in total. The van der Waals surface area contributed by atoms with Gasteiger partial charge in [-0.15, -0.1) is 11.3 Å². The molecule has 3 aromatic heterocycles. The Labute approximate surface area is 152 Å². The molecule has 25 heavy (non-hydrogen) atoms. The Kier molecular flexibility index (Phi) is 4.70. The van der Waals surface area contributed by atoms with E-state index in [0.717, 1.165) is 5.69 Å². The lowest BCUT2D eigenvalue weighted by Gasteiger charge is -2.07. The third-order valence-corrected chi connectivity index (χ3v) is 5.63. The van der Waals surface area contributed by atoms with Crippen molar-refractivity contribution >= 4 is 33.8 Å². The normalized spacial score (nSPS) is 10.8. The number of Topliss-reactive ketones (excluding diaryl/α,β-unsaturated/α-hetero) is 1. The van der Waals surface area contributed by atoms with E-state index in [1.54, 1.807) is 17.4 Å². The molecule has 0 radical (unpaired) electrons. The highest BCUT2D eigenvalue weighted by molar-refractivity contribution is 7.98. The number of rotatable bonds is 4. The van der Waals surface area contributed by atoms with Gasteiger partial charge < -0.3 is 0 Å². The van der Waals surface area contributed by atoms with E-state index in [-0.39, 0.29) is 11.3 Å². The molecule has 0 saturated carbocycles. The van der Waals surface area contributed by atoms with Crippen molar-refractivity contribution in [1.29, 1.82) is 5.26 Å². The molecule has 0 saturated heterocycles.